The second-order valence-corrected chi connectivity index (χ2v) is 1.50. The molecule has 1 radical (unpaired) electrons. The molecule has 9 heavy (non-hydrogen) atoms. The molecule has 0 bridgehead atoms. The fraction of sp³-hybridized carbons (Fsp3) is 0.333. The topological polar surface area (TPSA) is 28.3 Å². The van der Waals surface area contributed by atoms with Crippen LogP contribution >= 0.6 is 0 Å². The monoisotopic (exact) mass is 134 g/mol. The van der Waals surface area contributed by atoms with Crippen molar-refractivity contribution in [3.05, 3.63) is 24.5 Å². The normalized spacial score (nSPS) is 12.4. The molecular formula is C6H9NNaO. The Hall–Kier alpha value is 0.240. The first kappa shape index (κ1) is 9.24. The molecule has 1 aromatic heterocycles. The molecule has 0 amide bonds. The molecule has 0 atom stereocenters. The number of ether oxygens (including phenoxy) is 1. The van der Waals surface area contributed by atoms with Crippen molar-refractivity contribution in [3.63, 3.8) is 0 Å². The number of H-pyrrole nitrogens is 1. The molecule has 1 aromatic rings. The Morgan fingerprint density at radius 2 is 1.56 bits per heavy atom. The minimum atomic E-state index is 0. The van der Waals surface area contributed by atoms with Crippen LogP contribution in [0.5, 0.6) is 0 Å². The maximum Gasteiger partial charge on any atom is 0.0701 e. The van der Waals surface area contributed by atoms with E-state index in [-0.39, 0.29) is 29.6 Å². The van der Waals surface area contributed by atoms with Crippen molar-refractivity contribution in [2.24, 2.45) is 0 Å². The van der Waals surface area contributed by atoms with Gasteiger partial charge in [-0.25, -0.2) is 0 Å². The van der Waals surface area contributed by atoms with Crippen LogP contribution < -0.4 is 0 Å². The van der Waals surface area contributed by atoms with Crippen molar-refractivity contribution in [2.75, 3.05) is 13.2 Å². The molecule has 0 aromatic carbocycles. The molecule has 2 rings (SSSR count). The molecule has 0 spiro atoms. The van der Waals surface area contributed by atoms with Gasteiger partial charge in [0.25, 0.3) is 0 Å². The van der Waals surface area contributed by atoms with Crippen molar-refractivity contribution >= 4 is 29.6 Å². The van der Waals surface area contributed by atoms with E-state index in [2.05, 4.69) is 9.72 Å². The van der Waals surface area contributed by atoms with E-state index >= 15 is 0 Å². The minimum Gasteiger partial charge on any atom is -0.377 e. The molecule has 0 saturated carbocycles. The van der Waals surface area contributed by atoms with Crippen LogP contribution in [0.25, 0.3) is 0 Å². The van der Waals surface area contributed by atoms with E-state index in [1.807, 2.05) is 24.5 Å². The third-order valence-corrected chi connectivity index (χ3v) is 0.700. The van der Waals surface area contributed by atoms with Gasteiger partial charge in [0, 0.05) is 42.0 Å². The zero-order valence-corrected chi connectivity index (χ0v) is 7.63. The molecule has 2 nitrogen and oxygen atoms in total. The number of nitrogens with one attached hydrogen (secondary N) is 1. The van der Waals surface area contributed by atoms with Crippen molar-refractivity contribution in [1.29, 1.82) is 0 Å². The maximum absolute atomic E-state index is 4.50. The summed E-state index contributed by atoms with van der Waals surface area (Å²) in [6.07, 6.45) is 3.75. The minimum absolute atomic E-state index is 0. The number of epoxide rings is 1. The SMILES string of the molecule is C1CO1.[Na].c1cc[nH]c1. The summed E-state index contributed by atoms with van der Waals surface area (Å²) in [7, 11) is 0. The Labute approximate surface area is 76.9 Å². The first-order valence-corrected chi connectivity index (χ1v) is 2.65. The Kier molecular flexibility index (Phi) is 6.53. The van der Waals surface area contributed by atoms with Gasteiger partial charge in [0.2, 0.25) is 0 Å². The number of aromatic nitrogens is 1. The Morgan fingerprint density at radius 3 is 1.67 bits per heavy atom. The summed E-state index contributed by atoms with van der Waals surface area (Å²) in [4.78, 5) is 2.86. The summed E-state index contributed by atoms with van der Waals surface area (Å²) in [5.74, 6) is 0. The van der Waals surface area contributed by atoms with Crippen molar-refractivity contribution in [3.8, 4) is 0 Å². The molecule has 1 fully saturated rings. The fourth-order valence-electron chi connectivity index (χ4n) is 0.278. The van der Waals surface area contributed by atoms with Crippen LogP contribution in [0.2, 0.25) is 0 Å². The van der Waals surface area contributed by atoms with E-state index in [1.165, 1.54) is 0 Å². The van der Waals surface area contributed by atoms with Crippen LogP contribution in [0.3, 0.4) is 0 Å². The van der Waals surface area contributed by atoms with Crippen LogP contribution in [-0.2, 0) is 4.74 Å². The van der Waals surface area contributed by atoms with Gasteiger partial charge in [0.05, 0.1) is 13.2 Å². The van der Waals surface area contributed by atoms with E-state index in [0.717, 1.165) is 13.2 Å². The number of rotatable bonds is 0. The summed E-state index contributed by atoms with van der Waals surface area (Å²) in [5, 5.41) is 0. The van der Waals surface area contributed by atoms with Crippen LogP contribution in [0, 0.1) is 0 Å². The Balaban J connectivity index is 0.000000140. The second kappa shape index (κ2) is 6.36. The second-order valence-electron chi connectivity index (χ2n) is 1.50. The third-order valence-electron chi connectivity index (χ3n) is 0.700. The number of hydrogen-bond donors (Lipinski definition) is 1. The van der Waals surface area contributed by atoms with Gasteiger partial charge < -0.3 is 9.72 Å². The van der Waals surface area contributed by atoms with Gasteiger partial charge in [-0.15, -0.1) is 0 Å². The Bertz CT molecular complexity index is 96.6. The molecule has 0 unspecified atom stereocenters. The van der Waals surface area contributed by atoms with Gasteiger partial charge in [0.15, 0.2) is 0 Å². The number of aromatic amines is 1. The largest absolute Gasteiger partial charge is 0.377 e. The van der Waals surface area contributed by atoms with Crippen LogP contribution in [-0.4, -0.2) is 47.8 Å². The van der Waals surface area contributed by atoms with Crippen molar-refractivity contribution in [1.82, 2.24) is 4.98 Å². The van der Waals surface area contributed by atoms with E-state index in [9.17, 15) is 0 Å². The Morgan fingerprint density at radius 1 is 1.11 bits per heavy atom. The molecule has 3 heteroatoms. The van der Waals surface area contributed by atoms with E-state index < -0.39 is 0 Å². The van der Waals surface area contributed by atoms with Crippen LogP contribution in [0.1, 0.15) is 0 Å². The van der Waals surface area contributed by atoms with E-state index in [4.69, 9.17) is 0 Å². The molecule has 2 heterocycles. The first-order valence-electron chi connectivity index (χ1n) is 2.65. The van der Waals surface area contributed by atoms with Crippen LogP contribution in [0.15, 0.2) is 24.5 Å². The van der Waals surface area contributed by atoms with Gasteiger partial charge >= 0.3 is 0 Å². The molecule has 1 N–H and O–H groups in total. The van der Waals surface area contributed by atoms with Crippen molar-refractivity contribution in [2.45, 2.75) is 0 Å². The van der Waals surface area contributed by atoms with Gasteiger partial charge in [-0.3, -0.25) is 0 Å². The standard InChI is InChI=1S/C4H5N.C2H4O.Na/c1-2-4-5-3-1;1-2-3-1;/h1-5H;1-2H2;. The van der Waals surface area contributed by atoms with Gasteiger partial charge in [0.1, 0.15) is 0 Å². The summed E-state index contributed by atoms with van der Waals surface area (Å²) in [6, 6.07) is 3.89. The van der Waals surface area contributed by atoms with E-state index in [1.54, 1.807) is 0 Å². The summed E-state index contributed by atoms with van der Waals surface area (Å²) in [5.41, 5.74) is 0. The molecular weight excluding hydrogens is 125 g/mol. The third kappa shape index (κ3) is 8.24. The van der Waals surface area contributed by atoms with Crippen molar-refractivity contribution < 1.29 is 4.74 Å². The average molecular weight is 134 g/mol. The molecule has 1 aliphatic heterocycles. The maximum atomic E-state index is 4.50. The smallest absolute Gasteiger partial charge is 0.0701 e. The number of hydrogen-bond acceptors (Lipinski definition) is 1. The first-order chi connectivity index (χ1) is 4.00. The van der Waals surface area contributed by atoms with E-state index in [0.29, 0.717) is 0 Å². The summed E-state index contributed by atoms with van der Waals surface area (Å²) in [6.45, 7) is 2.00. The van der Waals surface area contributed by atoms with Gasteiger partial charge in [-0.05, 0) is 12.1 Å². The predicted molar refractivity (Wildman–Crippen MR) is 37.4 cm³/mol. The van der Waals surface area contributed by atoms with Gasteiger partial charge in [-0.2, -0.15) is 0 Å². The average Bonchev–Trinajstić information content (AvgIpc) is 2.55. The van der Waals surface area contributed by atoms with Gasteiger partial charge in [-0.1, -0.05) is 0 Å². The summed E-state index contributed by atoms with van der Waals surface area (Å²) >= 11 is 0. The predicted octanol–water partition coefficient (Wildman–Crippen LogP) is 0.651. The zero-order valence-electron chi connectivity index (χ0n) is 5.63. The summed E-state index contributed by atoms with van der Waals surface area (Å²) < 4.78 is 4.50. The zero-order chi connectivity index (χ0) is 5.66. The molecule has 45 valence electrons. The fourth-order valence-corrected chi connectivity index (χ4v) is 0.278. The molecule has 1 saturated heterocycles. The van der Waals surface area contributed by atoms with Crippen LogP contribution in [0.4, 0.5) is 0 Å². The quantitative estimate of drug-likeness (QED) is 0.409. The molecule has 0 aliphatic carbocycles. The molecule has 1 aliphatic rings.